The second-order valence-electron chi connectivity index (χ2n) is 4.91. The molecule has 2 aliphatic heterocycles. The van der Waals surface area contributed by atoms with Gasteiger partial charge in [0.1, 0.15) is 0 Å². The van der Waals surface area contributed by atoms with Crippen LogP contribution in [0.3, 0.4) is 0 Å². The summed E-state index contributed by atoms with van der Waals surface area (Å²) in [7, 11) is 2.22. The van der Waals surface area contributed by atoms with E-state index in [1.165, 1.54) is 38.9 Å². The van der Waals surface area contributed by atoms with E-state index in [-0.39, 0.29) is 0 Å². The molecule has 0 aliphatic carbocycles. The van der Waals surface area contributed by atoms with Crippen molar-refractivity contribution in [2.45, 2.75) is 19.3 Å². The van der Waals surface area contributed by atoms with Crippen molar-refractivity contribution in [1.29, 1.82) is 0 Å². The molecule has 2 aliphatic rings. The second-order valence-corrected chi connectivity index (χ2v) is 4.91. The van der Waals surface area contributed by atoms with E-state index in [2.05, 4.69) is 22.9 Å². The molecular weight excluding hydrogens is 200 g/mol. The highest BCUT2D eigenvalue weighted by Gasteiger charge is 2.12. The minimum absolute atomic E-state index is 0.918. The van der Waals surface area contributed by atoms with Gasteiger partial charge in [-0.15, -0.1) is 0 Å². The molecular formula is C13H24N2O. The summed E-state index contributed by atoms with van der Waals surface area (Å²) in [6, 6.07) is 0. The van der Waals surface area contributed by atoms with Crippen LogP contribution in [0.4, 0.5) is 0 Å². The smallest absolute Gasteiger partial charge is 0.0594 e. The zero-order chi connectivity index (χ0) is 11.2. The maximum atomic E-state index is 5.36. The normalized spacial score (nSPS) is 25.2. The van der Waals surface area contributed by atoms with Crippen LogP contribution < -0.4 is 0 Å². The average Bonchev–Trinajstić information content (AvgIpc) is 2.53. The molecule has 16 heavy (non-hydrogen) atoms. The summed E-state index contributed by atoms with van der Waals surface area (Å²) >= 11 is 0. The molecule has 3 nitrogen and oxygen atoms in total. The number of nitrogens with zero attached hydrogens (tertiary/aromatic N) is 2. The average molecular weight is 224 g/mol. The first-order valence-electron chi connectivity index (χ1n) is 6.51. The van der Waals surface area contributed by atoms with Crippen molar-refractivity contribution in [3.63, 3.8) is 0 Å². The molecule has 0 saturated carbocycles. The van der Waals surface area contributed by atoms with Gasteiger partial charge in [-0.2, -0.15) is 0 Å². The Bertz CT molecular complexity index is 234. The predicted molar refractivity (Wildman–Crippen MR) is 66.7 cm³/mol. The highest BCUT2D eigenvalue weighted by atomic mass is 16.5. The van der Waals surface area contributed by atoms with Crippen molar-refractivity contribution < 1.29 is 4.74 Å². The summed E-state index contributed by atoms with van der Waals surface area (Å²) in [6.07, 6.45) is 6.22. The fourth-order valence-corrected chi connectivity index (χ4v) is 2.39. The predicted octanol–water partition coefficient (Wildman–Crippen LogP) is 1.36. The van der Waals surface area contributed by atoms with Crippen LogP contribution in [0.5, 0.6) is 0 Å². The third kappa shape index (κ3) is 3.89. The summed E-state index contributed by atoms with van der Waals surface area (Å²) in [5, 5.41) is 0. The van der Waals surface area contributed by atoms with Gasteiger partial charge >= 0.3 is 0 Å². The van der Waals surface area contributed by atoms with Crippen molar-refractivity contribution in [1.82, 2.24) is 9.80 Å². The molecule has 0 aromatic heterocycles. The molecule has 0 N–H and O–H groups in total. The second kappa shape index (κ2) is 6.38. The van der Waals surface area contributed by atoms with Crippen LogP contribution >= 0.6 is 0 Å². The fourth-order valence-electron chi connectivity index (χ4n) is 2.39. The van der Waals surface area contributed by atoms with E-state index in [0.29, 0.717) is 0 Å². The molecule has 2 rings (SSSR count). The molecule has 0 aromatic rings. The van der Waals surface area contributed by atoms with Gasteiger partial charge in [0.2, 0.25) is 0 Å². The van der Waals surface area contributed by atoms with Crippen LogP contribution in [-0.2, 0) is 4.74 Å². The maximum absolute atomic E-state index is 5.36. The van der Waals surface area contributed by atoms with Crippen LogP contribution in [0, 0.1) is 0 Å². The van der Waals surface area contributed by atoms with Gasteiger partial charge in [-0.3, -0.25) is 4.90 Å². The van der Waals surface area contributed by atoms with Crippen molar-refractivity contribution in [2.24, 2.45) is 0 Å². The lowest BCUT2D eigenvalue weighted by molar-refractivity contribution is 0.0383. The summed E-state index contributed by atoms with van der Waals surface area (Å²) in [6.45, 7) is 7.75. The molecule has 0 atom stereocenters. The zero-order valence-corrected chi connectivity index (χ0v) is 10.5. The highest BCUT2D eigenvalue weighted by molar-refractivity contribution is 5.05. The lowest BCUT2D eigenvalue weighted by Crippen LogP contribution is -2.37. The van der Waals surface area contributed by atoms with E-state index < -0.39 is 0 Å². The number of hydrogen-bond acceptors (Lipinski definition) is 3. The third-order valence-corrected chi connectivity index (χ3v) is 3.61. The molecule has 0 aromatic carbocycles. The van der Waals surface area contributed by atoms with Gasteiger partial charge in [-0.25, -0.2) is 0 Å². The van der Waals surface area contributed by atoms with E-state index in [1.807, 2.05) is 0 Å². The summed E-state index contributed by atoms with van der Waals surface area (Å²) in [5.74, 6) is 0. The van der Waals surface area contributed by atoms with Crippen LogP contribution in [0.15, 0.2) is 11.6 Å². The number of morpholine rings is 1. The Hall–Kier alpha value is -0.380. The molecule has 0 unspecified atom stereocenters. The van der Waals surface area contributed by atoms with Crippen LogP contribution in [0.25, 0.3) is 0 Å². The number of ether oxygens (including phenoxy) is 1. The van der Waals surface area contributed by atoms with Crippen molar-refractivity contribution in [3.8, 4) is 0 Å². The minimum Gasteiger partial charge on any atom is -0.379 e. The van der Waals surface area contributed by atoms with Crippen LogP contribution in [0.1, 0.15) is 19.3 Å². The molecule has 1 saturated heterocycles. The Labute approximate surface area is 99.1 Å². The van der Waals surface area contributed by atoms with Crippen molar-refractivity contribution >= 4 is 0 Å². The molecule has 92 valence electrons. The Kier molecular flexibility index (Phi) is 4.82. The van der Waals surface area contributed by atoms with Gasteiger partial charge in [0.25, 0.3) is 0 Å². The Morgan fingerprint density at radius 2 is 2.00 bits per heavy atom. The first kappa shape index (κ1) is 12.1. The molecule has 0 bridgehead atoms. The fraction of sp³-hybridized carbons (Fsp3) is 0.846. The van der Waals surface area contributed by atoms with E-state index in [0.717, 1.165) is 26.3 Å². The van der Waals surface area contributed by atoms with Gasteiger partial charge in [0, 0.05) is 32.7 Å². The largest absolute Gasteiger partial charge is 0.379 e. The Morgan fingerprint density at radius 1 is 1.19 bits per heavy atom. The van der Waals surface area contributed by atoms with E-state index in [4.69, 9.17) is 4.74 Å². The molecule has 3 heteroatoms. The lowest BCUT2D eigenvalue weighted by atomic mass is 10.1. The van der Waals surface area contributed by atoms with Gasteiger partial charge < -0.3 is 9.64 Å². The zero-order valence-electron chi connectivity index (χ0n) is 10.5. The quantitative estimate of drug-likeness (QED) is 0.673. The van der Waals surface area contributed by atoms with E-state index >= 15 is 0 Å². The number of rotatable bonds is 3. The number of hydrogen-bond donors (Lipinski definition) is 0. The minimum atomic E-state index is 0.918. The van der Waals surface area contributed by atoms with Gasteiger partial charge in [0.15, 0.2) is 0 Å². The SMILES string of the molecule is CN1CCC=C(CCN2CCOCC2)CC1. The molecule has 0 spiro atoms. The van der Waals surface area contributed by atoms with Crippen LogP contribution in [-0.4, -0.2) is 62.8 Å². The van der Waals surface area contributed by atoms with Gasteiger partial charge in [-0.1, -0.05) is 11.6 Å². The van der Waals surface area contributed by atoms with Crippen molar-refractivity contribution in [2.75, 3.05) is 53.0 Å². The first-order valence-corrected chi connectivity index (χ1v) is 6.51. The third-order valence-electron chi connectivity index (χ3n) is 3.61. The Balaban J connectivity index is 1.70. The van der Waals surface area contributed by atoms with Gasteiger partial charge in [-0.05, 0) is 26.3 Å². The first-order chi connectivity index (χ1) is 7.84. The van der Waals surface area contributed by atoms with E-state index in [9.17, 15) is 0 Å². The molecule has 1 fully saturated rings. The molecule has 2 heterocycles. The standard InChI is InChI=1S/C13H24N2O/c1-14-6-2-3-13(4-7-14)5-8-15-9-11-16-12-10-15/h3H,2,4-12H2,1H3. The summed E-state index contributed by atoms with van der Waals surface area (Å²) in [5.41, 5.74) is 1.66. The van der Waals surface area contributed by atoms with E-state index in [1.54, 1.807) is 5.57 Å². The summed E-state index contributed by atoms with van der Waals surface area (Å²) < 4.78 is 5.36. The molecule has 0 amide bonds. The van der Waals surface area contributed by atoms with Gasteiger partial charge in [0.05, 0.1) is 13.2 Å². The Morgan fingerprint density at radius 3 is 2.81 bits per heavy atom. The monoisotopic (exact) mass is 224 g/mol. The van der Waals surface area contributed by atoms with Crippen LogP contribution in [0.2, 0.25) is 0 Å². The maximum Gasteiger partial charge on any atom is 0.0594 e. The topological polar surface area (TPSA) is 15.7 Å². The lowest BCUT2D eigenvalue weighted by Gasteiger charge is -2.26. The molecule has 0 radical (unpaired) electrons. The summed E-state index contributed by atoms with van der Waals surface area (Å²) in [4.78, 5) is 4.96. The van der Waals surface area contributed by atoms with Crippen molar-refractivity contribution in [3.05, 3.63) is 11.6 Å². The highest BCUT2D eigenvalue weighted by Crippen LogP contribution is 2.14.